The number of hydrogen-bond donors (Lipinski definition) is 1. The molecule has 0 radical (unpaired) electrons. The smallest absolute Gasteiger partial charge is 0.154 e. The summed E-state index contributed by atoms with van der Waals surface area (Å²) < 4.78 is 28.1. The van der Waals surface area contributed by atoms with Gasteiger partial charge in [0.15, 0.2) is 9.84 Å². The summed E-state index contributed by atoms with van der Waals surface area (Å²) in [5.74, 6) is 0.0636. The molecule has 0 atom stereocenters. The van der Waals surface area contributed by atoms with E-state index in [-0.39, 0.29) is 17.6 Å². The standard InChI is InChI=1S/C9H21NO3S/c1-8(2)14(11,12)6-5-13-9(3,4)7-10/h8H,5-7,10H2,1-4H3. The highest BCUT2D eigenvalue weighted by molar-refractivity contribution is 7.91. The monoisotopic (exact) mass is 223 g/mol. The lowest BCUT2D eigenvalue weighted by atomic mass is 10.1. The molecule has 0 aliphatic rings. The van der Waals surface area contributed by atoms with E-state index >= 15 is 0 Å². The van der Waals surface area contributed by atoms with E-state index in [0.29, 0.717) is 6.54 Å². The Balaban J connectivity index is 3.98. The molecule has 0 aliphatic carbocycles. The van der Waals surface area contributed by atoms with Crippen molar-refractivity contribution in [1.29, 1.82) is 0 Å². The highest BCUT2D eigenvalue weighted by Gasteiger charge is 2.20. The van der Waals surface area contributed by atoms with Crippen molar-refractivity contribution in [3.63, 3.8) is 0 Å². The van der Waals surface area contributed by atoms with E-state index in [1.165, 1.54) is 0 Å². The average molecular weight is 223 g/mol. The molecule has 0 saturated heterocycles. The summed E-state index contributed by atoms with van der Waals surface area (Å²) in [6.45, 7) is 7.62. The van der Waals surface area contributed by atoms with Gasteiger partial charge in [0.2, 0.25) is 0 Å². The van der Waals surface area contributed by atoms with E-state index in [1.54, 1.807) is 13.8 Å². The van der Waals surface area contributed by atoms with Crippen LogP contribution in [0.25, 0.3) is 0 Å². The molecule has 14 heavy (non-hydrogen) atoms. The molecule has 2 N–H and O–H groups in total. The van der Waals surface area contributed by atoms with Gasteiger partial charge in [0.1, 0.15) is 0 Å². The fraction of sp³-hybridized carbons (Fsp3) is 1.00. The highest BCUT2D eigenvalue weighted by Crippen LogP contribution is 2.07. The van der Waals surface area contributed by atoms with Gasteiger partial charge in [0.05, 0.1) is 23.2 Å². The first-order valence-corrected chi connectivity index (χ1v) is 6.48. The molecule has 86 valence electrons. The second-order valence-electron chi connectivity index (χ2n) is 4.23. The number of rotatable bonds is 6. The van der Waals surface area contributed by atoms with Crippen molar-refractivity contribution in [2.24, 2.45) is 5.73 Å². The molecule has 0 aliphatic heterocycles. The summed E-state index contributed by atoms with van der Waals surface area (Å²) in [5.41, 5.74) is 5.00. The van der Waals surface area contributed by atoms with Crippen molar-refractivity contribution < 1.29 is 13.2 Å². The summed E-state index contributed by atoms with van der Waals surface area (Å²) in [4.78, 5) is 0. The quantitative estimate of drug-likeness (QED) is 0.714. The minimum Gasteiger partial charge on any atom is -0.373 e. The molecule has 0 aromatic carbocycles. The van der Waals surface area contributed by atoms with Gasteiger partial charge in [-0.1, -0.05) is 0 Å². The minimum absolute atomic E-state index is 0.0636. The molecule has 0 fully saturated rings. The first-order chi connectivity index (χ1) is 6.21. The van der Waals surface area contributed by atoms with Gasteiger partial charge >= 0.3 is 0 Å². The van der Waals surface area contributed by atoms with Crippen LogP contribution in [-0.2, 0) is 14.6 Å². The Bertz CT molecular complexity index is 257. The molecule has 0 amide bonds. The van der Waals surface area contributed by atoms with Crippen molar-refractivity contribution in [3.05, 3.63) is 0 Å². The Morgan fingerprint density at radius 2 is 1.86 bits per heavy atom. The molecule has 0 aromatic rings. The predicted molar refractivity (Wildman–Crippen MR) is 58.0 cm³/mol. The van der Waals surface area contributed by atoms with Gasteiger partial charge in [0, 0.05) is 6.54 Å². The summed E-state index contributed by atoms with van der Waals surface area (Å²) in [7, 11) is -2.99. The Hall–Kier alpha value is -0.130. The van der Waals surface area contributed by atoms with Crippen LogP contribution in [0.3, 0.4) is 0 Å². The van der Waals surface area contributed by atoms with Gasteiger partial charge in [-0.15, -0.1) is 0 Å². The summed E-state index contributed by atoms with van der Waals surface area (Å²) in [5, 5.41) is -0.341. The fourth-order valence-corrected chi connectivity index (χ4v) is 1.52. The summed E-state index contributed by atoms with van der Waals surface area (Å²) >= 11 is 0. The maximum atomic E-state index is 11.4. The lowest BCUT2D eigenvalue weighted by Gasteiger charge is -2.23. The van der Waals surface area contributed by atoms with Crippen LogP contribution in [0.15, 0.2) is 0 Å². The Morgan fingerprint density at radius 3 is 2.21 bits per heavy atom. The number of hydrogen-bond acceptors (Lipinski definition) is 4. The fourth-order valence-electron chi connectivity index (χ4n) is 0.729. The van der Waals surface area contributed by atoms with Gasteiger partial charge in [-0.3, -0.25) is 0 Å². The van der Waals surface area contributed by atoms with Gasteiger partial charge in [0.25, 0.3) is 0 Å². The summed E-state index contributed by atoms with van der Waals surface area (Å²) in [6, 6.07) is 0. The van der Waals surface area contributed by atoms with Crippen molar-refractivity contribution in [2.75, 3.05) is 18.9 Å². The number of nitrogens with two attached hydrogens (primary N) is 1. The average Bonchev–Trinajstić information content (AvgIpc) is 2.03. The molecule has 0 unspecified atom stereocenters. The van der Waals surface area contributed by atoms with Crippen molar-refractivity contribution in [1.82, 2.24) is 0 Å². The normalized spacial score (nSPS) is 13.6. The molecule has 5 heteroatoms. The number of sulfone groups is 1. The van der Waals surface area contributed by atoms with Crippen LogP contribution in [-0.4, -0.2) is 38.2 Å². The van der Waals surface area contributed by atoms with Crippen LogP contribution in [0.2, 0.25) is 0 Å². The third-order valence-corrected chi connectivity index (χ3v) is 4.24. The lowest BCUT2D eigenvalue weighted by molar-refractivity contribution is -0.00144. The molecule has 0 bridgehead atoms. The van der Waals surface area contributed by atoms with Gasteiger partial charge in [-0.05, 0) is 27.7 Å². The molecular weight excluding hydrogens is 202 g/mol. The maximum absolute atomic E-state index is 11.4. The van der Waals surface area contributed by atoms with Crippen molar-refractivity contribution in [2.45, 2.75) is 38.5 Å². The molecule has 0 aromatic heterocycles. The maximum Gasteiger partial charge on any atom is 0.154 e. The Labute approximate surface area is 86.7 Å². The Morgan fingerprint density at radius 1 is 1.36 bits per heavy atom. The van der Waals surface area contributed by atoms with E-state index in [4.69, 9.17) is 10.5 Å². The lowest BCUT2D eigenvalue weighted by Crippen LogP contribution is -2.36. The second kappa shape index (κ2) is 5.09. The van der Waals surface area contributed by atoms with Crippen LogP contribution < -0.4 is 5.73 Å². The van der Waals surface area contributed by atoms with Crippen LogP contribution in [0.1, 0.15) is 27.7 Å². The third-order valence-electron chi connectivity index (χ3n) is 2.07. The number of ether oxygens (including phenoxy) is 1. The van der Waals surface area contributed by atoms with E-state index in [1.807, 2.05) is 13.8 Å². The van der Waals surface area contributed by atoms with Crippen LogP contribution in [0, 0.1) is 0 Å². The van der Waals surface area contributed by atoms with Crippen LogP contribution in [0.4, 0.5) is 0 Å². The van der Waals surface area contributed by atoms with Gasteiger partial charge < -0.3 is 10.5 Å². The zero-order valence-electron chi connectivity index (χ0n) is 9.41. The second-order valence-corrected chi connectivity index (χ2v) is 6.90. The van der Waals surface area contributed by atoms with Crippen molar-refractivity contribution in [3.8, 4) is 0 Å². The Kier molecular flexibility index (Phi) is 5.05. The zero-order valence-corrected chi connectivity index (χ0v) is 10.2. The van der Waals surface area contributed by atoms with Gasteiger partial charge in [-0.25, -0.2) is 8.42 Å². The summed E-state index contributed by atoms with van der Waals surface area (Å²) in [6.07, 6.45) is 0. The zero-order chi connectivity index (χ0) is 11.4. The van der Waals surface area contributed by atoms with E-state index in [9.17, 15) is 8.42 Å². The molecule has 0 rings (SSSR count). The molecular formula is C9H21NO3S. The SMILES string of the molecule is CC(C)S(=O)(=O)CCOC(C)(C)CN. The van der Waals surface area contributed by atoms with Gasteiger partial charge in [-0.2, -0.15) is 0 Å². The van der Waals surface area contributed by atoms with E-state index < -0.39 is 15.4 Å². The van der Waals surface area contributed by atoms with E-state index in [0.717, 1.165) is 0 Å². The van der Waals surface area contributed by atoms with Crippen LogP contribution in [0.5, 0.6) is 0 Å². The van der Waals surface area contributed by atoms with Crippen LogP contribution >= 0.6 is 0 Å². The molecule has 4 nitrogen and oxygen atoms in total. The third kappa shape index (κ3) is 4.93. The predicted octanol–water partition coefficient (Wildman–Crippen LogP) is 0.564. The first kappa shape index (κ1) is 13.9. The highest BCUT2D eigenvalue weighted by atomic mass is 32.2. The van der Waals surface area contributed by atoms with E-state index in [2.05, 4.69) is 0 Å². The first-order valence-electron chi connectivity index (χ1n) is 4.77. The minimum atomic E-state index is -2.99. The molecule has 0 heterocycles. The topological polar surface area (TPSA) is 69.4 Å². The molecule has 0 spiro atoms. The van der Waals surface area contributed by atoms with Crippen molar-refractivity contribution >= 4 is 9.84 Å². The largest absolute Gasteiger partial charge is 0.373 e. The molecule has 0 saturated carbocycles.